The zero-order valence-electron chi connectivity index (χ0n) is 17.5. The van der Waals surface area contributed by atoms with Gasteiger partial charge in [0.1, 0.15) is 11.9 Å². The van der Waals surface area contributed by atoms with E-state index in [1.807, 2.05) is 0 Å². The molecule has 0 aliphatic heterocycles. The standard InChI is InChI=1S/C23H22Cl2FN3O3/c1-13(20-17(24)7-8-18(26)21(20)25)32-19-11-16(12-28-22(19)27)14-3-5-15(6-4-14)23(31)29(2)9-10-30/h3-8,11-13,30H,9-10H2,1-2H3,(H2,27,28). The van der Waals surface area contributed by atoms with Crippen LogP contribution in [0.5, 0.6) is 5.75 Å². The largest absolute Gasteiger partial charge is 0.482 e. The molecule has 3 rings (SSSR count). The minimum absolute atomic E-state index is 0.106. The van der Waals surface area contributed by atoms with Crippen molar-refractivity contribution in [3.05, 3.63) is 75.7 Å². The number of nitrogens with two attached hydrogens (primary N) is 1. The van der Waals surface area contributed by atoms with Gasteiger partial charge in [0.15, 0.2) is 11.6 Å². The smallest absolute Gasteiger partial charge is 0.253 e. The Labute approximate surface area is 195 Å². The lowest BCUT2D eigenvalue weighted by Gasteiger charge is -2.19. The summed E-state index contributed by atoms with van der Waals surface area (Å²) < 4.78 is 19.8. The molecule has 0 fully saturated rings. The second-order valence-electron chi connectivity index (χ2n) is 7.15. The fourth-order valence-corrected chi connectivity index (χ4v) is 3.83. The molecular weight excluding hydrogens is 456 g/mol. The number of anilines is 1. The molecule has 0 bridgehead atoms. The molecule has 1 amide bonds. The number of halogens is 3. The number of likely N-dealkylation sites (N-methyl/N-ethyl adjacent to an activating group) is 1. The van der Waals surface area contributed by atoms with Gasteiger partial charge < -0.3 is 20.5 Å². The molecule has 0 spiro atoms. The Kier molecular flexibility index (Phi) is 7.56. The molecule has 168 valence electrons. The highest BCUT2D eigenvalue weighted by atomic mass is 35.5. The lowest BCUT2D eigenvalue weighted by molar-refractivity contribution is 0.0767. The number of aliphatic hydroxyl groups excluding tert-OH is 1. The lowest BCUT2D eigenvalue weighted by atomic mass is 10.0. The molecule has 9 heteroatoms. The number of hydrogen-bond acceptors (Lipinski definition) is 5. The number of aliphatic hydroxyl groups is 1. The predicted molar refractivity (Wildman–Crippen MR) is 124 cm³/mol. The molecule has 3 N–H and O–H groups in total. The number of hydrogen-bond donors (Lipinski definition) is 2. The van der Waals surface area contributed by atoms with E-state index in [1.165, 1.54) is 17.0 Å². The number of aromatic nitrogens is 1. The van der Waals surface area contributed by atoms with E-state index in [0.717, 1.165) is 5.56 Å². The molecule has 32 heavy (non-hydrogen) atoms. The van der Waals surface area contributed by atoms with Gasteiger partial charge in [0.2, 0.25) is 0 Å². The molecule has 1 aromatic heterocycles. The summed E-state index contributed by atoms with van der Waals surface area (Å²) in [6, 6.07) is 11.2. The zero-order chi connectivity index (χ0) is 23.4. The van der Waals surface area contributed by atoms with Gasteiger partial charge in [-0.15, -0.1) is 0 Å². The highest BCUT2D eigenvalue weighted by Gasteiger charge is 2.20. The van der Waals surface area contributed by atoms with Gasteiger partial charge in [0.05, 0.1) is 11.6 Å². The van der Waals surface area contributed by atoms with Crippen molar-refractivity contribution < 1.29 is 19.0 Å². The number of amides is 1. The molecular formula is C23H22Cl2FN3O3. The molecule has 0 saturated carbocycles. The van der Waals surface area contributed by atoms with E-state index in [1.54, 1.807) is 50.5 Å². The van der Waals surface area contributed by atoms with Gasteiger partial charge in [-0.25, -0.2) is 9.37 Å². The van der Waals surface area contributed by atoms with Gasteiger partial charge in [-0.3, -0.25) is 4.79 Å². The third-order valence-corrected chi connectivity index (χ3v) is 5.63. The number of benzene rings is 2. The summed E-state index contributed by atoms with van der Waals surface area (Å²) in [5.74, 6) is -0.348. The normalized spacial score (nSPS) is 11.8. The molecule has 1 unspecified atom stereocenters. The van der Waals surface area contributed by atoms with Crippen LogP contribution in [0.2, 0.25) is 10.0 Å². The number of nitrogens with zero attached hydrogens (tertiary/aromatic N) is 2. The lowest BCUT2D eigenvalue weighted by Crippen LogP contribution is -2.29. The molecule has 2 aromatic carbocycles. The second kappa shape index (κ2) is 10.2. The highest BCUT2D eigenvalue weighted by molar-refractivity contribution is 6.36. The molecule has 6 nitrogen and oxygen atoms in total. The maximum atomic E-state index is 13.9. The summed E-state index contributed by atoms with van der Waals surface area (Å²) >= 11 is 12.3. The number of rotatable bonds is 7. The summed E-state index contributed by atoms with van der Waals surface area (Å²) in [4.78, 5) is 18.0. The molecule has 0 saturated heterocycles. The van der Waals surface area contributed by atoms with Crippen molar-refractivity contribution >= 4 is 34.9 Å². The third-order valence-electron chi connectivity index (χ3n) is 4.92. The third kappa shape index (κ3) is 5.12. The first-order valence-electron chi connectivity index (χ1n) is 9.75. The number of carbonyl (C=O) groups is 1. The summed E-state index contributed by atoms with van der Waals surface area (Å²) in [7, 11) is 1.62. The van der Waals surface area contributed by atoms with E-state index in [9.17, 15) is 9.18 Å². The van der Waals surface area contributed by atoms with Crippen LogP contribution < -0.4 is 10.5 Å². The van der Waals surface area contributed by atoms with Gasteiger partial charge in [-0.1, -0.05) is 35.3 Å². The van der Waals surface area contributed by atoms with Crippen LogP contribution in [-0.2, 0) is 0 Å². The zero-order valence-corrected chi connectivity index (χ0v) is 19.0. The van der Waals surface area contributed by atoms with E-state index >= 15 is 0 Å². The van der Waals surface area contributed by atoms with E-state index in [4.69, 9.17) is 38.8 Å². The Balaban J connectivity index is 1.85. The molecule has 0 aliphatic carbocycles. The van der Waals surface area contributed by atoms with Gasteiger partial charge in [-0.2, -0.15) is 0 Å². The average molecular weight is 478 g/mol. The minimum Gasteiger partial charge on any atom is -0.482 e. The van der Waals surface area contributed by atoms with Gasteiger partial charge in [0, 0.05) is 41.5 Å². The highest BCUT2D eigenvalue weighted by Crippen LogP contribution is 2.37. The maximum Gasteiger partial charge on any atom is 0.253 e. The fraction of sp³-hybridized carbons (Fsp3) is 0.217. The van der Waals surface area contributed by atoms with Crippen molar-refractivity contribution in [1.82, 2.24) is 9.88 Å². The van der Waals surface area contributed by atoms with Crippen molar-refractivity contribution in [1.29, 1.82) is 0 Å². The first-order chi connectivity index (χ1) is 15.2. The van der Waals surface area contributed by atoms with Crippen LogP contribution >= 0.6 is 23.2 Å². The van der Waals surface area contributed by atoms with Crippen LogP contribution in [0.3, 0.4) is 0 Å². The predicted octanol–water partition coefficient (Wildman–Crippen LogP) is 4.98. The topological polar surface area (TPSA) is 88.7 Å². The average Bonchev–Trinajstić information content (AvgIpc) is 2.78. The van der Waals surface area contributed by atoms with Crippen molar-refractivity contribution in [2.24, 2.45) is 0 Å². The monoisotopic (exact) mass is 477 g/mol. The molecule has 0 aliphatic rings. The van der Waals surface area contributed by atoms with E-state index in [2.05, 4.69) is 4.98 Å². The number of ether oxygens (including phenoxy) is 1. The van der Waals surface area contributed by atoms with Gasteiger partial charge >= 0.3 is 0 Å². The summed E-state index contributed by atoms with van der Waals surface area (Å²) in [6.07, 6.45) is 0.899. The second-order valence-corrected chi connectivity index (χ2v) is 7.94. The van der Waals surface area contributed by atoms with Crippen molar-refractivity contribution in [2.75, 3.05) is 25.9 Å². The summed E-state index contributed by atoms with van der Waals surface area (Å²) in [5.41, 5.74) is 8.28. The summed E-state index contributed by atoms with van der Waals surface area (Å²) in [5, 5.41) is 9.16. The van der Waals surface area contributed by atoms with Crippen LogP contribution in [0, 0.1) is 5.82 Å². The number of carbonyl (C=O) groups excluding carboxylic acids is 1. The van der Waals surface area contributed by atoms with E-state index in [0.29, 0.717) is 16.7 Å². The Bertz CT molecular complexity index is 1130. The molecule has 1 atom stereocenters. The van der Waals surface area contributed by atoms with Crippen LogP contribution in [0.4, 0.5) is 10.2 Å². The van der Waals surface area contributed by atoms with Crippen LogP contribution in [0.15, 0.2) is 48.7 Å². The molecule has 3 aromatic rings. The first kappa shape index (κ1) is 23.8. The van der Waals surface area contributed by atoms with Gasteiger partial charge in [-0.05, 0) is 42.8 Å². The van der Waals surface area contributed by atoms with Crippen LogP contribution in [-0.4, -0.2) is 41.1 Å². The van der Waals surface area contributed by atoms with Crippen molar-refractivity contribution in [3.63, 3.8) is 0 Å². The Morgan fingerprint density at radius 3 is 2.56 bits per heavy atom. The Morgan fingerprint density at radius 1 is 1.22 bits per heavy atom. The van der Waals surface area contributed by atoms with Crippen LogP contribution in [0.25, 0.3) is 11.1 Å². The quantitative estimate of drug-likeness (QED) is 0.468. The first-order valence-corrected chi connectivity index (χ1v) is 10.5. The van der Waals surface area contributed by atoms with E-state index < -0.39 is 11.9 Å². The summed E-state index contributed by atoms with van der Waals surface area (Å²) in [6.45, 7) is 1.83. The SMILES string of the molecule is CC(Oc1cc(-c2ccc(C(=O)N(C)CCO)cc2)cnc1N)c1c(Cl)ccc(F)c1Cl. The Hall–Kier alpha value is -2.87. The molecule has 1 heterocycles. The van der Waals surface area contributed by atoms with Crippen LogP contribution in [0.1, 0.15) is 28.9 Å². The molecule has 0 radical (unpaired) electrons. The number of pyridine rings is 1. The van der Waals surface area contributed by atoms with Crippen molar-refractivity contribution in [2.45, 2.75) is 13.0 Å². The van der Waals surface area contributed by atoms with E-state index in [-0.39, 0.29) is 40.7 Å². The minimum atomic E-state index is -0.688. The maximum absolute atomic E-state index is 13.9. The Morgan fingerprint density at radius 2 is 1.91 bits per heavy atom. The van der Waals surface area contributed by atoms with Crippen molar-refractivity contribution in [3.8, 4) is 16.9 Å². The fourth-order valence-electron chi connectivity index (χ4n) is 3.15. The number of nitrogen functional groups attached to an aromatic ring is 1. The van der Waals surface area contributed by atoms with Gasteiger partial charge in [0.25, 0.3) is 5.91 Å².